The molecule has 0 aliphatic heterocycles. The lowest BCUT2D eigenvalue weighted by atomic mass is 10.0. The summed E-state index contributed by atoms with van der Waals surface area (Å²) in [6.45, 7) is 7.21. The van der Waals surface area contributed by atoms with E-state index >= 15 is 4.39 Å². The molecule has 5 rings (SSSR count). The first-order chi connectivity index (χ1) is 33.8. The van der Waals surface area contributed by atoms with Crippen molar-refractivity contribution in [3.05, 3.63) is 133 Å². The normalized spacial score (nSPS) is 11.7. The molecule has 1 unspecified atom stereocenters. The standard InChI is InChI=1S/C51H62Cl2FN7O9S/c1-34-39(45(53)57-56-44(34)52)30-38(60(49(64)69-33-37-19-13-10-14-20-37)27-26-59(7)48(63)68-32-36-17-11-9-12-18-36)31-61(50(65)70-51(2,3)4)47-55-43(46(62)66-8)42(71-47)22-16-28-67-41-24-23-35(29-40(41)54)21-15-25-58(5)6/h9-14,17-20,23-24,29,38H,15-16,21-22,25-28,30-33H2,1-8H3. The fraction of sp³-hybridized carbons (Fsp3) is 0.431. The molecule has 16 nitrogen and oxygen atoms in total. The van der Waals surface area contributed by atoms with Gasteiger partial charge in [-0.3, -0.25) is 4.90 Å². The number of anilines is 1. The number of methoxy groups -OCH3 is 1. The zero-order valence-corrected chi connectivity index (χ0v) is 43.7. The number of benzene rings is 3. The largest absolute Gasteiger partial charge is 0.491 e. The molecule has 0 radical (unpaired) electrons. The van der Waals surface area contributed by atoms with Gasteiger partial charge in [-0.25, -0.2) is 28.6 Å². The zero-order chi connectivity index (χ0) is 51.7. The molecule has 5 aromatic rings. The van der Waals surface area contributed by atoms with Crippen LogP contribution in [0, 0.1) is 12.7 Å². The molecule has 1 atom stereocenters. The van der Waals surface area contributed by atoms with Crippen LogP contribution in [0.5, 0.6) is 5.75 Å². The molecular formula is C51H62Cl2FN7O9S. The van der Waals surface area contributed by atoms with Crippen molar-refractivity contribution in [3.63, 3.8) is 0 Å². The molecule has 0 aliphatic carbocycles. The number of ether oxygens (including phenoxy) is 5. The van der Waals surface area contributed by atoms with Crippen molar-refractivity contribution in [2.24, 2.45) is 0 Å². The van der Waals surface area contributed by atoms with Gasteiger partial charge in [-0.05, 0) is 120 Å². The second kappa shape index (κ2) is 26.9. The van der Waals surface area contributed by atoms with Gasteiger partial charge in [0.05, 0.1) is 26.3 Å². The van der Waals surface area contributed by atoms with Crippen LogP contribution in [-0.2, 0) is 51.4 Å². The van der Waals surface area contributed by atoms with Crippen molar-refractivity contribution >= 4 is 63.9 Å². The molecule has 0 saturated carbocycles. The van der Waals surface area contributed by atoms with Gasteiger partial charge in [0.15, 0.2) is 32.7 Å². The van der Waals surface area contributed by atoms with Gasteiger partial charge in [-0.1, -0.05) is 89.9 Å². The zero-order valence-electron chi connectivity index (χ0n) is 41.4. The summed E-state index contributed by atoms with van der Waals surface area (Å²) in [5, 5.41) is 8.10. The number of hydrogen-bond donors (Lipinski definition) is 0. The molecule has 0 bridgehead atoms. The molecule has 3 aromatic carbocycles. The number of rotatable bonds is 23. The highest BCUT2D eigenvalue weighted by Crippen LogP contribution is 2.32. The molecule has 3 amide bonds. The third-order valence-electron chi connectivity index (χ3n) is 10.9. The van der Waals surface area contributed by atoms with Gasteiger partial charge in [0.1, 0.15) is 18.8 Å². The number of aryl methyl sites for hydroxylation is 2. The Kier molecular flexibility index (Phi) is 21.2. The SMILES string of the molecule is COC(=O)c1nc(N(CC(Cc2c(Cl)nnc(Cl)c2C)N(CCN(C)C(=O)OCc2ccccc2)C(=O)OCc2ccccc2)C(=O)OC(C)(C)C)sc1CCCOc1ccc(CCCN(C)C)cc1F. The van der Waals surface area contributed by atoms with Gasteiger partial charge in [0, 0.05) is 25.0 Å². The van der Waals surface area contributed by atoms with E-state index in [0.717, 1.165) is 41.9 Å². The smallest absolute Gasteiger partial charge is 0.416 e. The number of halogens is 3. The minimum Gasteiger partial charge on any atom is -0.491 e. The monoisotopic (exact) mass is 1040 g/mol. The van der Waals surface area contributed by atoms with E-state index in [-0.39, 0.29) is 79.2 Å². The fourth-order valence-corrected chi connectivity index (χ4v) is 8.62. The van der Waals surface area contributed by atoms with Crippen LogP contribution in [0.2, 0.25) is 10.3 Å². The number of hydrogen-bond acceptors (Lipinski definition) is 14. The van der Waals surface area contributed by atoms with E-state index < -0.39 is 41.7 Å². The Morgan fingerprint density at radius 2 is 1.41 bits per heavy atom. The number of likely N-dealkylation sites (N-methyl/N-ethyl adjacent to an activating group) is 1. The van der Waals surface area contributed by atoms with E-state index in [9.17, 15) is 19.2 Å². The Labute approximate surface area is 428 Å². The van der Waals surface area contributed by atoms with Gasteiger partial charge in [0.25, 0.3) is 0 Å². The summed E-state index contributed by atoms with van der Waals surface area (Å²) >= 11 is 14.2. The summed E-state index contributed by atoms with van der Waals surface area (Å²) in [6, 6.07) is 22.2. The van der Waals surface area contributed by atoms with Crippen LogP contribution in [0.25, 0.3) is 0 Å². The number of amides is 3. The number of aromatic nitrogens is 3. The predicted octanol–water partition coefficient (Wildman–Crippen LogP) is 10.2. The number of esters is 1. The van der Waals surface area contributed by atoms with Crippen LogP contribution in [0.4, 0.5) is 23.9 Å². The highest BCUT2D eigenvalue weighted by molar-refractivity contribution is 7.16. The Hall–Kier alpha value is -6.08. The molecule has 0 N–H and O–H groups in total. The third-order valence-corrected chi connectivity index (χ3v) is 12.7. The summed E-state index contributed by atoms with van der Waals surface area (Å²) in [5.74, 6) is -1.13. The minimum absolute atomic E-state index is 0.00231. The lowest BCUT2D eigenvalue weighted by molar-refractivity contribution is 0.0535. The first kappa shape index (κ1) is 55.8. The molecule has 2 aromatic heterocycles. The molecule has 0 spiro atoms. The Bertz CT molecular complexity index is 2550. The second-order valence-corrected chi connectivity index (χ2v) is 19.7. The summed E-state index contributed by atoms with van der Waals surface area (Å²) < 4.78 is 43.5. The van der Waals surface area contributed by atoms with E-state index in [2.05, 4.69) is 20.1 Å². The van der Waals surface area contributed by atoms with Crippen LogP contribution in [0.15, 0.2) is 78.9 Å². The molecule has 71 heavy (non-hydrogen) atoms. The highest BCUT2D eigenvalue weighted by atomic mass is 35.5. The van der Waals surface area contributed by atoms with Crippen LogP contribution >= 0.6 is 34.5 Å². The first-order valence-electron chi connectivity index (χ1n) is 23.0. The Balaban J connectivity index is 1.49. The third kappa shape index (κ3) is 17.3. The summed E-state index contributed by atoms with van der Waals surface area (Å²) in [6.07, 6.45) is -0.171. The lowest BCUT2D eigenvalue weighted by Crippen LogP contribution is -2.52. The topological polar surface area (TPSA) is 166 Å². The minimum atomic E-state index is -1.02. The molecular weight excluding hydrogens is 977 g/mol. The molecule has 0 aliphatic rings. The van der Waals surface area contributed by atoms with Gasteiger partial charge in [0.2, 0.25) is 0 Å². The van der Waals surface area contributed by atoms with Gasteiger partial charge < -0.3 is 38.4 Å². The fourth-order valence-electron chi connectivity index (χ4n) is 7.12. The Morgan fingerprint density at radius 3 is 2.01 bits per heavy atom. The van der Waals surface area contributed by atoms with E-state index in [1.807, 2.05) is 68.7 Å². The van der Waals surface area contributed by atoms with E-state index in [4.69, 9.17) is 46.9 Å². The van der Waals surface area contributed by atoms with Crippen molar-refractivity contribution in [1.29, 1.82) is 0 Å². The summed E-state index contributed by atoms with van der Waals surface area (Å²) in [7, 11) is 6.73. The molecule has 382 valence electrons. The van der Waals surface area contributed by atoms with E-state index in [1.165, 1.54) is 34.9 Å². The van der Waals surface area contributed by atoms with Gasteiger partial charge >= 0.3 is 24.2 Å². The maximum absolute atomic E-state index is 15.1. The number of carbonyl (C=O) groups excluding carboxylic acids is 4. The number of thiazole rings is 1. The molecule has 0 fully saturated rings. The molecule has 0 saturated heterocycles. The van der Waals surface area contributed by atoms with Crippen LogP contribution in [-0.4, -0.2) is 127 Å². The van der Waals surface area contributed by atoms with E-state index in [0.29, 0.717) is 28.0 Å². The molecule has 2 heterocycles. The first-order valence-corrected chi connectivity index (χ1v) is 24.6. The van der Waals surface area contributed by atoms with Crippen LogP contribution < -0.4 is 9.64 Å². The predicted molar refractivity (Wildman–Crippen MR) is 271 cm³/mol. The van der Waals surface area contributed by atoms with Crippen LogP contribution in [0.1, 0.15) is 76.8 Å². The molecule has 20 heteroatoms. The Morgan fingerprint density at radius 1 is 0.775 bits per heavy atom. The highest BCUT2D eigenvalue weighted by Gasteiger charge is 2.36. The summed E-state index contributed by atoms with van der Waals surface area (Å²) in [5.41, 5.74) is 2.20. The summed E-state index contributed by atoms with van der Waals surface area (Å²) in [4.78, 5) is 66.9. The van der Waals surface area contributed by atoms with Gasteiger partial charge in [-0.15, -0.1) is 21.5 Å². The second-order valence-electron chi connectivity index (χ2n) is 17.9. The number of carbonyl (C=O) groups is 4. The van der Waals surface area contributed by atoms with Crippen molar-refractivity contribution in [3.8, 4) is 5.75 Å². The van der Waals surface area contributed by atoms with Gasteiger partial charge in [-0.2, -0.15) is 0 Å². The average Bonchev–Trinajstić information content (AvgIpc) is 3.76. The average molecular weight is 1040 g/mol. The lowest BCUT2D eigenvalue weighted by Gasteiger charge is -2.36. The van der Waals surface area contributed by atoms with Crippen LogP contribution in [0.3, 0.4) is 0 Å². The van der Waals surface area contributed by atoms with Crippen molar-refractivity contribution in [2.45, 2.75) is 84.7 Å². The maximum atomic E-state index is 15.1. The van der Waals surface area contributed by atoms with Crippen molar-refractivity contribution < 1.29 is 47.3 Å². The maximum Gasteiger partial charge on any atom is 0.416 e. The van der Waals surface area contributed by atoms with Crippen molar-refractivity contribution in [1.82, 2.24) is 29.9 Å². The quantitative estimate of drug-likeness (QED) is 0.0345. The van der Waals surface area contributed by atoms with E-state index in [1.54, 1.807) is 45.9 Å². The number of nitrogens with zero attached hydrogens (tertiary/aromatic N) is 7. The van der Waals surface area contributed by atoms with Crippen molar-refractivity contribution in [2.75, 3.05) is 65.9 Å².